The molecule has 1 aromatic rings. The van der Waals surface area contributed by atoms with Crippen LogP contribution in [-0.2, 0) is 9.53 Å². The normalized spacial score (nSPS) is 13.1. The van der Waals surface area contributed by atoms with Gasteiger partial charge in [0.2, 0.25) is 0 Å². The molecule has 1 atom stereocenters. The summed E-state index contributed by atoms with van der Waals surface area (Å²) in [5.41, 5.74) is 1.66. The third-order valence-corrected chi connectivity index (χ3v) is 2.93. The molecule has 0 radical (unpaired) electrons. The van der Waals surface area contributed by atoms with Crippen LogP contribution in [0.15, 0.2) is 42.0 Å². The third-order valence-electron chi connectivity index (χ3n) is 2.93. The molecule has 0 aliphatic carbocycles. The van der Waals surface area contributed by atoms with Crippen molar-refractivity contribution in [2.24, 2.45) is 0 Å². The molecule has 104 valence electrons. The Hall–Kier alpha value is -1.65. The lowest BCUT2D eigenvalue weighted by Crippen LogP contribution is -2.25. The fourth-order valence-electron chi connectivity index (χ4n) is 1.80. The molecule has 0 amide bonds. The average molecular weight is 263 g/mol. The van der Waals surface area contributed by atoms with Crippen LogP contribution in [0.3, 0.4) is 0 Å². The third kappa shape index (κ3) is 4.85. The largest absolute Gasteiger partial charge is 0.466 e. The van der Waals surface area contributed by atoms with Crippen molar-refractivity contribution in [3.63, 3.8) is 0 Å². The molecule has 0 aromatic heterocycles. The number of carbonyl (C=O) groups is 1. The molecule has 1 unspecified atom stereocenters. The monoisotopic (exact) mass is 263 g/mol. The van der Waals surface area contributed by atoms with E-state index in [2.05, 4.69) is 10.1 Å². The Kier molecular flexibility index (Phi) is 6.85. The van der Waals surface area contributed by atoms with E-state index in [9.17, 15) is 9.90 Å². The number of nitrogens with one attached hydrogen (secondary N) is 1. The predicted octanol–water partition coefficient (Wildman–Crippen LogP) is 1.82. The second kappa shape index (κ2) is 8.45. The number of ether oxygens (including phenoxy) is 1. The fraction of sp³-hybridized carbons (Fsp3) is 0.400. The molecule has 0 aliphatic rings. The number of benzene rings is 1. The number of hydrogen-bond donors (Lipinski definition) is 2. The highest BCUT2D eigenvalue weighted by Crippen LogP contribution is 2.11. The minimum atomic E-state index is -0.301. The zero-order valence-electron chi connectivity index (χ0n) is 11.4. The van der Waals surface area contributed by atoms with Crippen molar-refractivity contribution in [2.45, 2.75) is 19.4 Å². The highest BCUT2D eigenvalue weighted by molar-refractivity contribution is 5.88. The van der Waals surface area contributed by atoms with Crippen molar-refractivity contribution in [3.8, 4) is 0 Å². The quantitative estimate of drug-likeness (QED) is 0.582. The standard InChI is InChI=1S/C15H21NO3/c1-3-12(15(18)19-2)9-10-16-14(11-17)13-7-5-4-6-8-13/h4-9,14,16-17H,3,10-11H2,1-2H3/b12-9-. The summed E-state index contributed by atoms with van der Waals surface area (Å²) < 4.78 is 4.69. The number of rotatable bonds is 7. The second-order valence-electron chi connectivity index (χ2n) is 4.13. The van der Waals surface area contributed by atoms with Crippen molar-refractivity contribution >= 4 is 5.97 Å². The Morgan fingerprint density at radius 3 is 2.63 bits per heavy atom. The van der Waals surface area contributed by atoms with Gasteiger partial charge in [-0.3, -0.25) is 0 Å². The van der Waals surface area contributed by atoms with Crippen LogP contribution < -0.4 is 5.32 Å². The van der Waals surface area contributed by atoms with Gasteiger partial charge in [-0.05, 0) is 12.0 Å². The molecule has 1 rings (SSSR count). The lowest BCUT2D eigenvalue weighted by Gasteiger charge is -2.15. The van der Waals surface area contributed by atoms with Crippen LogP contribution in [0, 0.1) is 0 Å². The molecule has 4 nitrogen and oxygen atoms in total. The van der Waals surface area contributed by atoms with Crippen LogP contribution in [0.2, 0.25) is 0 Å². The molecular weight excluding hydrogens is 242 g/mol. The van der Waals surface area contributed by atoms with Crippen LogP contribution in [-0.4, -0.2) is 31.3 Å². The minimum absolute atomic E-state index is 0.0114. The summed E-state index contributed by atoms with van der Waals surface area (Å²) in [5.74, 6) is -0.301. The molecule has 0 heterocycles. The van der Waals surface area contributed by atoms with E-state index in [1.54, 1.807) is 6.08 Å². The van der Waals surface area contributed by atoms with Gasteiger partial charge in [-0.25, -0.2) is 4.79 Å². The van der Waals surface area contributed by atoms with E-state index in [4.69, 9.17) is 0 Å². The minimum Gasteiger partial charge on any atom is -0.466 e. The van der Waals surface area contributed by atoms with Gasteiger partial charge >= 0.3 is 5.97 Å². The Balaban J connectivity index is 2.59. The van der Waals surface area contributed by atoms with Gasteiger partial charge in [0.1, 0.15) is 0 Å². The van der Waals surface area contributed by atoms with Crippen LogP contribution in [0.25, 0.3) is 0 Å². The Morgan fingerprint density at radius 1 is 1.42 bits per heavy atom. The number of methoxy groups -OCH3 is 1. The maximum absolute atomic E-state index is 11.4. The summed E-state index contributed by atoms with van der Waals surface area (Å²) in [6.45, 7) is 2.43. The van der Waals surface area contributed by atoms with E-state index in [1.165, 1.54) is 7.11 Å². The highest BCUT2D eigenvalue weighted by atomic mass is 16.5. The van der Waals surface area contributed by atoms with Crippen molar-refractivity contribution in [1.29, 1.82) is 0 Å². The average Bonchev–Trinajstić information content (AvgIpc) is 2.48. The zero-order valence-corrected chi connectivity index (χ0v) is 11.4. The van der Waals surface area contributed by atoms with Crippen LogP contribution in [0.5, 0.6) is 0 Å². The number of aliphatic hydroxyl groups is 1. The van der Waals surface area contributed by atoms with E-state index < -0.39 is 0 Å². The molecule has 0 saturated heterocycles. The SMILES string of the molecule is CC/C(=C/CNC(CO)c1ccccc1)C(=O)OC. The first-order valence-corrected chi connectivity index (χ1v) is 6.39. The Morgan fingerprint density at radius 2 is 2.11 bits per heavy atom. The van der Waals surface area contributed by atoms with Gasteiger partial charge in [-0.15, -0.1) is 0 Å². The number of hydrogen-bond acceptors (Lipinski definition) is 4. The smallest absolute Gasteiger partial charge is 0.333 e. The first kappa shape index (κ1) is 15.4. The number of carbonyl (C=O) groups excluding carboxylic acids is 1. The first-order chi connectivity index (χ1) is 9.22. The second-order valence-corrected chi connectivity index (χ2v) is 4.13. The van der Waals surface area contributed by atoms with E-state index in [-0.39, 0.29) is 18.6 Å². The summed E-state index contributed by atoms with van der Waals surface area (Å²) in [6.07, 6.45) is 2.43. The maximum atomic E-state index is 11.4. The van der Waals surface area contributed by atoms with Crippen LogP contribution in [0.4, 0.5) is 0 Å². The molecule has 0 bridgehead atoms. The van der Waals surface area contributed by atoms with Crippen molar-refractivity contribution in [2.75, 3.05) is 20.3 Å². The summed E-state index contributed by atoms with van der Waals surface area (Å²) in [4.78, 5) is 11.4. The summed E-state index contributed by atoms with van der Waals surface area (Å²) in [5, 5.41) is 12.6. The van der Waals surface area contributed by atoms with Gasteiger partial charge in [0.25, 0.3) is 0 Å². The lowest BCUT2D eigenvalue weighted by atomic mass is 10.1. The van der Waals surface area contributed by atoms with Gasteiger partial charge in [-0.2, -0.15) is 0 Å². The molecule has 0 aliphatic heterocycles. The molecule has 19 heavy (non-hydrogen) atoms. The van der Waals surface area contributed by atoms with Gasteiger partial charge in [0.15, 0.2) is 0 Å². The Labute approximate surface area is 114 Å². The fourth-order valence-corrected chi connectivity index (χ4v) is 1.80. The lowest BCUT2D eigenvalue weighted by molar-refractivity contribution is -0.136. The molecule has 2 N–H and O–H groups in total. The molecule has 0 saturated carbocycles. The van der Waals surface area contributed by atoms with E-state index >= 15 is 0 Å². The first-order valence-electron chi connectivity index (χ1n) is 6.39. The van der Waals surface area contributed by atoms with Gasteiger partial charge in [0.05, 0.1) is 19.8 Å². The van der Waals surface area contributed by atoms with E-state index in [1.807, 2.05) is 37.3 Å². The molecule has 1 aromatic carbocycles. The van der Waals surface area contributed by atoms with Gasteiger partial charge < -0.3 is 15.2 Å². The van der Waals surface area contributed by atoms with Crippen molar-refractivity contribution < 1.29 is 14.6 Å². The van der Waals surface area contributed by atoms with Gasteiger partial charge in [-0.1, -0.05) is 43.3 Å². The summed E-state index contributed by atoms with van der Waals surface area (Å²) in [6, 6.07) is 9.58. The van der Waals surface area contributed by atoms with Gasteiger partial charge in [0, 0.05) is 12.1 Å². The molecule has 4 heteroatoms. The van der Waals surface area contributed by atoms with E-state index in [0.29, 0.717) is 18.5 Å². The molecular formula is C15H21NO3. The molecule has 0 spiro atoms. The van der Waals surface area contributed by atoms with Crippen molar-refractivity contribution in [3.05, 3.63) is 47.5 Å². The predicted molar refractivity (Wildman–Crippen MR) is 74.7 cm³/mol. The highest BCUT2D eigenvalue weighted by Gasteiger charge is 2.09. The van der Waals surface area contributed by atoms with E-state index in [0.717, 1.165) is 5.56 Å². The Bertz CT molecular complexity index is 415. The van der Waals surface area contributed by atoms with Crippen LogP contribution >= 0.6 is 0 Å². The maximum Gasteiger partial charge on any atom is 0.333 e. The van der Waals surface area contributed by atoms with Crippen molar-refractivity contribution in [1.82, 2.24) is 5.32 Å². The summed E-state index contributed by atoms with van der Waals surface area (Å²) >= 11 is 0. The summed E-state index contributed by atoms with van der Waals surface area (Å²) in [7, 11) is 1.37. The number of aliphatic hydroxyl groups excluding tert-OH is 1. The molecule has 0 fully saturated rings. The zero-order chi connectivity index (χ0) is 14.1. The number of esters is 1. The topological polar surface area (TPSA) is 58.6 Å². The van der Waals surface area contributed by atoms with Crippen LogP contribution in [0.1, 0.15) is 24.9 Å².